The van der Waals surface area contributed by atoms with Crippen molar-refractivity contribution in [3.8, 4) is 17.0 Å². The van der Waals surface area contributed by atoms with Crippen LogP contribution in [0.3, 0.4) is 0 Å². The van der Waals surface area contributed by atoms with Gasteiger partial charge in [0, 0.05) is 36.9 Å². The second-order valence-electron chi connectivity index (χ2n) is 8.55. The minimum atomic E-state index is -4.67. The molecule has 1 fully saturated rings. The molecule has 0 spiro atoms. The molecule has 0 N–H and O–H groups in total. The van der Waals surface area contributed by atoms with E-state index in [9.17, 15) is 18.0 Å². The van der Waals surface area contributed by atoms with Gasteiger partial charge < -0.3 is 18.9 Å². The number of rotatable bonds is 5. The fourth-order valence-corrected chi connectivity index (χ4v) is 4.57. The second kappa shape index (κ2) is 10.3. The standard InChI is InChI=1S/C26H26ClF3N2O3/c1-17-22(19-8-10-20(27)11-9-19)24(35-25(33)31(2)21-12-14-34-15-13-21)32(23(17)26(28,29)30)16-18-6-4-3-5-7-18/h3-11,21H,12-16H2,1-2H3. The smallest absolute Gasteiger partial charge is 0.392 e. The number of alkyl halides is 3. The lowest BCUT2D eigenvalue weighted by molar-refractivity contribution is -0.144. The van der Waals surface area contributed by atoms with Crippen LogP contribution in [0.25, 0.3) is 11.1 Å². The second-order valence-corrected chi connectivity index (χ2v) is 8.99. The highest BCUT2D eigenvalue weighted by atomic mass is 35.5. The molecule has 186 valence electrons. The van der Waals surface area contributed by atoms with Crippen molar-refractivity contribution in [2.75, 3.05) is 20.3 Å². The van der Waals surface area contributed by atoms with E-state index >= 15 is 0 Å². The summed E-state index contributed by atoms with van der Waals surface area (Å²) in [7, 11) is 1.60. The maximum Gasteiger partial charge on any atom is 0.431 e. The van der Waals surface area contributed by atoms with Crippen LogP contribution in [0.15, 0.2) is 54.6 Å². The molecule has 2 aromatic carbocycles. The van der Waals surface area contributed by atoms with Gasteiger partial charge in [-0.1, -0.05) is 54.1 Å². The molecule has 0 bridgehead atoms. The molecule has 9 heteroatoms. The van der Waals surface area contributed by atoms with Crippen LogP contribution in [0.1, 0.15) is 29.7 Å². The van der Waals surface area contributed by atoms with E-state index in [1.54, 1.807) is 61.6 Å². The van der Waals surface area contributed by atoms with Crippen LogP contribution in [-0.2, 0) is 17.5 Å². The number of carbonyl (C=O) groups is 1. The van der Waals surface area contributed by atoms with Crippen molar-refractivity contribution in [2.24, 2.45) is 0 Å². The summed E-state index contributed by atoms with van der Waals surface area (Å²) in [6, 6.07) is 15.1. The fraction of sp³-hybridized carbons (Fsp3) is 0.346. The minimum absolute atomic E-state index is 0.0210. The molecule has 1 aliphatic rings. The number of hydrogen-bond acceptors (Lipinski definition) is 3. The summed E-state index contributed by atoms with van der Waals surface area (Å²) in [6.07, 6.45) is -4.12. The zero-order chi connectivity index (χ0) is 25.2. The highest BCUT2D eigenvalue weighted by molar-refractivity contribution is 6.30. The molecule has 0 saturated carbocycles. The van der Waals surface area contributed by atoms with Crippen molar-refractivity contribution in [1.29, 1.82) is 0 Å². The van der Waals surface area contributed by atoms with Crippen molar-refractivity contribution >= 4 is 17.7 Å². The van der Waals surface area contributed by atoms with Crippen LogP contribution < -0.4 is 4.74 Å². The van der Waals surface area contributed by atoms with Gasteiger partial charge in [-0.25, -0.2) is 4.79 Å². The molecule has 0 unspecified atom stereocenters. The molecular formula is C26H26ClF3N2O3. The highest BCUT2D eigenvalue weighted by Gasteiger charge is 2.41. The quantitative estimate of drug-likeness (QED) is 0.382. The Labute approximate surface area is 207 Å². The first-order valence-electron chi connectivity index (χ1n) is 11.3. The van der Waals surface area contributed by atoms with Crippen molar-refractivity contribution in [3.63, 3.8) is 0 Å². The van der Waals surface area contributed by atoms with Gasteiger partial charge in [-0.05, 0) is 48.6 Å². The lowest BCUT2D eigenvalue weighted by atomic mass is 10.0. The van der Waals surface area contributed by atoms with Crippen molar-refractivity contribution < 1.29 is 27.4 Å². The number of halogens is 4. The largest absolute Gasteiger partial charge is 0.431 e. The third kappa shape index (κ3) is 5.49. The van der Waals surface area contributed by atoms with Gasteiger partial charge in [-0.15, -0.1) is 0 Å². The van der Waals surface area contributed by atoms with E-state index in [1.165, 1.54) is 11.8 Å². The van der Waals surface area contributed by atoms with Crippen LogP contribution in [-0.4, -0.2) is 41.9 Å². The third-order valence-corrected chi connectivity index (χ3v) is 6.51. The third-order valence-electron chi connectivity index (χ3n) is 6.25. The number of benzene rings is 2. The number of hydrogen-bond donors (Lipinski definition) is 0. The molecule has 4 rings (SSSR count). The van der Waals surface area contributed by atoms with Gasteiger partial charge in [0.05, 0.1) is 6.54 Å². The predicted octanol–water partition coefficient (Wildman–Crippen LogP) is 6.79. The molecule has 0 radical (unpaired) electrons. The van der Waals surface area contributed by atoms with Crippen LogP contribution in [0, 0.1) is 6.92 Å². The summed E-state index contributed by atoms with van der Waals surface area (Å²) in [4.78, 5) is 14.6. The van der Waals surface area contributed by atoms with Gasteiger partial charge in [0.2, 0.25) is 5.88 Å². The summed E-state index contributed by atoms with van der Waals surface area (Å²) in [5.41, 5.74) is 0.445. The Morgan fingerprint density at radius 3 is 2.34 bits per heavy atom. The van der Waals surface area contributed by atoms with Gasteiger partial charge in [0.1, 0.15) is 5.69 Å². The topological polar surface area (TPSA) is 43.7 Å². The Bertz CT molecular complexity index is 1170. The minimum Gasteiger partial charge on any atom is -0.392 e. The highest BCUT2D eigenvalue weighted by Crippen LogP contribution is 2.45. The van der Waals surface area contributed by atoms with Gasteiger partial charge in [0.25, 0.3) is 0 Å². The molecule has 35 heavy (non-hydrogen) atoms. The first-order valence-corrected chi connectivity index (χ1v) is 11.7. The molecule has 1 saturated heterocycles. The monoisotopic (exact) mass is 506 g/mol. The average Bonchev–Trinajstić information content (AvgIpc) is 3.11. The predicted molar refractivity (Wildman–Crippen MR) is 128 cm³/mol. The number of ether oxygens (including phenoxy) is 2. The summed E-state index contributed by atoms with van der Waals surface area (Å²) < 4.78 is 55.3. The van der Waals surface area contributed by atoms with Gasteiger partial charge in [-0.2, -0.15) is 13.2 Å². The summed E-state index contributed by atoms with van der Waals surface area (Å²) in [6.45, 7) is 2.31. The van der Waals surface area contributed by atoms with Crippen LogP contribution in [0.5, 0.6) is 5.88 Å². The molecule has 0 atom stereocenters. The van der Waals surface area contributed by atoms with Crippen LogP contribution in [0.2, 0.25) is 5.02 Å². The van der Waals surface area contributed by atoms with Crippen molar-refractivity contribution in [2.45, 2.75) is 38.5 Å². The Morgan fingerprint density at radius 1 is 1.11 bits per heavy atom. The van der Waals surface area contributed by atoms with E-state index in [4.69, 9.17) is 21.1 Å². The van der Waals surface area contributed by atoms with E-state index in [2.05, 4.69) is 0 Å². The van der Waals surface area contributed by atoms with Gasteiger partial charge in [-0.3, -0.25) is 0 Å². The lowest BCUT2D eigenvalue weighted by Gasteiger charge is -2.30. The maximum absolute atomic E-state index is 14.4. The van der Waals surface area contributed by atoms with E-state index in [-0.39, 0.29) is 29.6 Å². The first-order chi connectivity index (χ1) is 16.7. The molecule has 1 aliphatic heterocycles. The molecule has 5 nitrogen and oxygen atoms in total. The van der Waals surface area contributed by atoms with E-state index in [0.29, 0.717) is 42.2 Å². The molecule has 1 aromatic heterocycles. The molecule has 0 aliphatic carbocycles. The Morgan fingerprint density at radius 2 is 1.74 bits per heavy atom. The molecular weight excluding hydrogens is 481 g/mol. The maximum atomic E-state index is 14.4. The van der Waals surface area contributed by atoms with E-state index in [1.807, 2.05) is 0 Å². The summed E-state index contributed by atoms with van der Waals surface area (Å²) in [5.74, 6) is -0.148. The summed E-state index contributed by atoms with van der Waals surface area (Å²) in [5, 5.41) is 0.448. The van der Waals surface area contributed by atoms with E-state index in [0.717, 1.165) is 4.57 Å². The number of aromatic nitrogens is 1. The zero-order valence-corrected chi connectivity index (χ0v) is 20.2. The number of amides is 1. The summed E-state index contributed by atoms with van der Waals surface area (Å²) >= 11 is 6.02. The SMILES string of the molecule is Cc1c(-c2ccc(Cl)cc2)c(OC(=O)N(C)C2CCOCC2)n(Cc2ccccc2)c1C(F)(F)F. The molecule has 2 heterocycles. The average molecular weight is 507 g/mol. The fourth-order valence-electron chi connectivity index (χ4n) is 4.44. The van der Waals surface area contributed by atoms with Crippen molar-refractivity contribution in [1.82, 2.24) is 9.47 Å². The van der Waals surface area contributed by atoms with E-state index < -0.39 is 18.0 Å². The molecule has 1 amide bonds. The van der Waals surface area contributed by atoms with Gasteiger partial charge >= 0.3 is 12.3 Å². The zero-order valence-electron chi connectivity index (χ0n) is 19.4. The number of nitrogens with zero attached hydrogens (tertiary/aromatic N) is 2. The first kappa shape index (κ1) is 25.1. The Kier molecular flexibility index (Phi) is 7.42. The van der Waals surface area contributed by atoms with Crippen LogP contribution >= 0.6 is 11.6 Å². The lowest BCUT2D eigenvalue weighted by Crippen LogP contribution is -2.42. The van der Waals surface area contributed by atoms with Crippen molar-refractivity contribution in [3.05, 3.63) is 76.4 Å². The Balaban J connectivity index is 1.85. The number of carbonyl (C=O) groups excluding carboxylic acids is 1. The molecule has 3 aromatic rings. The normalized spacial score (nSPS) is 14.7. The van der Waals surface area contributed by atoms with Crippen LogP contribution in [0.4, 0.5) is 18.0 Å². The van der Waals surface area contributed by atoms with Gasteiger partial charge in [0.15, 0.2) is 0 Å². The Hall–Kier alpha value is -2.97.